The van der Waals surface area contributed by atoms with Crippen LogP contribution >= 0.6 is 0 Å². The van der Waals surface area contributed by atoms with Gasteiger partial charge in [-0.05, 0) is 25.1 Å². The fourth-order valence-corrected chi connectivity index (χ4v) is 4.58. The molecule has 2 unspecified atom stereocenters. The van der Waals surface area contributed by atoms with Crippen molar-refractivity contribution in [2.24, 2.45) is 0 Å². The second kappa shape index (κ2) is 9.93. The van der Waals surface area contributed by atoms with Gasteiger partial charge in [0.2, 0.25) is 6.36 Å². The van der Waals surface area contributed by atoms with Crippen LogP contribution in [0.1, 0.15) is 24.2 Å². The predicted octanol–water partition coefficient (Wildman–Crippen LogP) is 2.87. The molecule has 0 aliphatic rings. The Morgan fingerprint density at radius 1 is 1.14 bits per heavy atom. The molecule has 0 fully saturated rings. The molecule has 13 heteroatoms. The van der Waals surface area contributed by atoms with Crippen molar-refractivity contribution in [1.82, 2.24) is 30.0 Å². The molecule has 2 atom stereocenters. The first kappa shape index (κ1) is 25.1. The summed E-state index contributed by atoms with van der Waals surface area (Å²) in [5.74, 6) is -1.10. The summed E-state index contributed by atoms with van der Waals surface area (Å²) >= 11 is 0. The highest BCUT2D eigenvalue weighted by molar-refractivity contribution is 7.90. The molecule has 4 aromatic rings. The zero-order valence-electron chi connectivity index (χ0n) is 19.5. The Bertz CT molecular complexity index is 1520. The normalized spacial score (nSPS) is 13.4. The number of ether oxygens (including phenoxy) is 1. The molecule has 0 saturated heterocycles. The first-order valence-electron chi connectivity index (χ1n) is 10.8. The van der Waals surface area contributed by atoms with Gasteiger partial charge in [-0.15, -0.1) is 0 Å². The van der Waals surface area contributed by atoms with Gasteiger partial charge in [0.25, 0.3) is 11.9 Å². The second-order valence-corrected chi connectivity index (χ2v) is 10.4. The van der Waals surface area contributed by atoms with Gasteiger partial charge in [-0.3, -0.25) is 9.78 Å². The van der Waals surface area contributed by atoms with Crippen LogP contribution in [0.2, 0.25) is 0 Å². The van der Waals surface area contributed by atoms with Crippen molar-refractivity contribution in [2.45, 2.75) is 26.2 Å². The summed E-state index contributed by atoms with van der Waals surface area (Å²) in [4.78, 5) is 25.1. The van der Waals surface area contributed by atoms with E-state index in [1.54, 1.807) is 31.2 Å². The summed E-state index contributed by atoms with van der Waals surface area (Å²) in [5, 5.41) is 7.16. The fourth-order valence-electron chi connectivity index (χ4n) is 3.59. The molecule has 188 valence electrons. The number of nitrogens with one attached hydrogen (secondary N) is 1. The van der Waals surface area contributed by atoms with E-state index in [-0.39, 0.29) is 23.0 Å². The summed E-state index contributed by atoms with van der Waals surface area (Å²) in [6.07, 6.45) is 2.84. The number of carbonyl (C=O) groups excluding carboxylic acids is 1. The second-order valence-electron chi connectivity index (χ2n) is 8.21. The fraction of sp³-hybridized carbons (Fsp3) is 0.261. The summed E-state index contributed by atoms with van der Waals surface area (Å²) in [5.41, 5.74) is 1.76. The van der Waals surface area contributed by atoms with Crippen LogP contribution in [0.15, 0.2) is 48.9 Å². The van der Waals surface area contributed by atoms with Gasteiger partial charge < -0.3 is 10.1 Å². The maximum Gasteiger partial charge on any atom is 0.253 e. The van der Waals surface area contributed by atoms with Crippen molar-refractivity contribution in [3.8, 4) is 23.0 Å². The third kappa shape index (κ3) is 5.79. The minimum Gasteiger partial charge on any atom is -0.461 e. The van der Waals surface area contributed by atoms with E-state index in [1.165, 1.54) is 23.9 Å². The van der Waals surface area contributed by atoms with Crippen LogP contribution < -0.4 is 10.1 Å². The molecular weight excluding hydrogens is 494 g/mol. The van der Waals surface area contributed by atoms with Crippen LogP contribution in [0, 0.1) is 5.82 Å². The molecule has 0 bridgehead atoms. The van der Waals surface area contributed by atoms with Gasteiger partial charge in [0.15, 0.2) is 5.82 Å². The highest BCUT2D eigenvalue weighted by Gasteiger charge is 2.21. The van der Waals surface area contributed by atoms with Crippen molar-refractivity contribution < 1.29 is 26.7 Å². The van der Waals surface area contributed by atoms with Crippen LogP contribution in [0.5, 0.6) is 5.75 Å². The van der Waals surface area contributed by atoms with E-state index >= 15 is 0 Å². The monoisotopic (exact) mass is 516 g/mol. The Labute approximate surface area is 205 Å². The van der Waals surface area contributed by atoms with Gasteiger partial charge in [-0.1, -0.05) is 12.1 Å². The van der Waals surface area contributed by atoms with Crippen LogP contribution in [-0.2, 0) is 9.84 Å². The van der Waals surface area contributed by atoms with Crippen LogP contribution in [0.25, 0.3) is 28.2 Å². The number of alkyl halides is 1. The average Bonchev–Trinajstić information content (AvgIpc) is 3.17. The number of amides is 1. The zero-order valence-corrected chi connectivity index (χ0v) is 20.3. The van der Waals surface area contributed by atoms with E-state index in [4.69, 9.17) is 4.74 Å². The lowest BCUT2D eigenvalue weighted by molar-refractivity contribution is 0.0860. The number of aromatic nitrogens is 5. The molecule has 4 rings (SSSR count). The third-order valence-corrected chi connectivity index (χ3v) is 6.02. The minimum atomic E-state index is -3.30. The van der Waals surface area contributed by atoms with Crippen molar-refractivity contribution in [3.63, 3.8) is 0 Å². The highest BCUT2D eigenvalue weighted by atomic mass is 32.2. The Hall–Kier alpha value is -4.00. The Kier molecular flexibility index (Phi) is 6.93. The quantitative estimate of drug-likeness (QED) is 0.379. The number of rotatable bonds is 8. The number of hydrogen-bond acceptors (Lipinski definition) is 8. The zero-order chi connectivity index (χ0) is 26.0. The van der Waals surface area contributed by atoms with E-state index in [9.17, 15) is 22.0 Å². The van der Waals surface area contributed by atoms with Gasteiger partial charge in [0.1, 0.15) is 26.8 Å². The first-order valence-corrected chi connectivity index (χ1v) is 12.8. The minimum absolute atomic E-state index is 0.0298. The third-order valence-electron chi connectivity index (χ3n) is 4.91. The molecular formula is C23H22F2N6O4S. The van der Waals surface area contributed by atoms with Gasteiger partial charge in [-0.2, -0.15) is 9.78 Å². The van der Waals surface area contributed by atoms with E-state index in [0.29, 0.717) is 22.3 Å². The molecule has 0 spiro atoms. The molecule has 0 saturated carbocycles. The molecule has 1 amide bonds. The Morgan fingerprint density at radius 2 is 1.86 bits per heavy atom. The first-order chi connectivity index (χ1) is 17.0. The average molecular weight is 517 g/mol. The SMILES string of the molecule is CC(CS(C)(=O)=O)NC(=O)c1cnc2c(-c3cccc(OC(C)F)c3)nn(-c3ncc(F)cn3)c2c1. The number of sulfone groups is 1. The van der Waals surface area contributed by atoms with E-state index in [0.717, 1.165) is 18.6 Å². The maximum absolute atomic E-state index is 13.4. The standard InChI is InChI=1S/C23H22F2N6O4S/c1-13(12-36(3,33)34)29-22(32)16-8-19-21(26-9-16)20(15-5-4-6-18(7-15)35-14(2)24)30-31(19)23-27-10-17(25)11-28-23/h4-11,13-14H,12H2,1-3H3,(H,29,32). The van der Waals surface area contributed by atoms with Gasteiger partial charge in [0, 0.05) is 31.0 Å². The number of benzene rings is 1. The van der Waals surface area contributed by atoms with Crippen molar-refractivity contribution in [2.75, 3.05) is 12.0 Å². The van der Waals surface area contributed by atoms with E-state index in [1.807, 2.05) is 0 Å². The number of carbonyl (C=O) groups is 1. The van der Waals surface area contributed by atoms with Crippen molar-refractivity contribution in [1.29, 1.82) is 0 Å². The molecule has 3 aromatic heterocycles. The smallest absolute Gasteiger partial charge is 0.253 e. The molecule has 10 nitrogen and oxygen atoms in total. The van der Waals surface area contributed by atoms with E-state index in [2.05, 4.69) is 25.4 Å². The highest BCUT2D eigenvalue weighted by Crippen LogP contribution is 2.30. The maximum atomic E-state index is 13.4. The Balaban J connectivity index is 1.80. The summed E-state index contributed by atoms with van der Waals surface area (Å²) in [6, 6.07) is 7.43. The number of nitrogens with zero attached hydrogens (tertiary/aromatic N) is 5. The van der Waals surface area contributed by atoms with Crippen molar-refractivity contribution in [3.05, 3.63) is 60.3 Å². The van der Waals surface area contributed by atoms with Crippen LogP contribution in [0.4, 0.5) is 8.78 Å². The lowest BCUT2D eigenvalue weighted by atomic mass is 10.1. The molecule has 1 N–H and O–H groups in total. The molecule has 1 aromatic carbocycles. The predicted molar refractivity (Wildman–Crippen MR) is 128 cm³/mol. The van der Waals surface area contributed by atoms with Gasteiger partial charge >= 0.3 is 0 Å². The lowest BCUT2D eigenvalue weighted by Gasteiger charge is -2.12. The topological polar surface area (TPSA) is 129 Å². The van der Waals surface area contributed by atoms with Gasteiger partial charge in [0.05, 0.1) is 29.2 Å². The summed E-state index contributed by atoms with van der Waals surface area (Å²) in [6.45, 7) is 2.83. The molecule has 36 heavy (non-hydrogen) atoms. The van der Waals surface area contributed by atoms with Crippen molar-refractivity contribution >= 4 is 26.8 Å². The van der Waals surface area contributed by atoms with E-state index < -0.39 is 34.0 Å². The molecule has 0 radical (unpaired) electrons. The molecule has 0 aliphatic carbocycles. The summed E-state index contributed by atoms with van der Waals surface area (Å²) in [7, 11) is -3.30. The Morgan fingerprint density at radius 3 is 2.53 bits per heavy atom. The summed E-state index contributed by atoms with van der Waals surface area (Å²) < 4.78 is 56.3. The number of hydrogen-bond donors (Lipinski definition) is 1. The lowest BCUT2D eigenvalue weighted by Crippen LogP contribution is -2.37. The largest absolute Gasteiger partial charge is 0.461 e. The number of pyridine rings is 1. The number of fused-ring (bicyclic) bond motifs is 1. The van der Waals surface area contributed by atoms with Crippen LogP contribution in [-0.4, -0.2) is 63.5 Å². The molecule has 3 heterocycles. The molecule has 0 aliphatic heterocycles. The number of halogens is 2. The van der Waals surface area contributed by atoms with Gasteiger partial charge in [-0.25, -0.2) is 27.2 Å². The van der Waals surface area contributed by atoms with Crippen LogP contribution in [0.3, 0.4) is 0 Å².